The molecule has 3 aromatic rings. The molecule has 10 nitrogen and oxygen atoms in total. The van der Waals surface area contributed by atoms with Crippen molar-refractivity contribution < 1.29 is 18.8 Å². The Balaban J connectivity index is 1.35. The minimum atomic E-state index is -0.547. The second kappa shape index (κ2) is 10.1. The number of carbonyl (C=O) groups is 2. The van der Waals surface area contributed by atoms with E-state index >= 15 is 0 Å². The SMILES string of the molecule is Cc1cc(Cl)ccc1OCC(=O)NCCNC(=O)c1nc(Cn2cc(Cl)cn2)no1. The summed E-state index contributed by atoms with van der Waals surface area (Å²) in [5.74, 6) is -0.197. The molecule has 0 radical (unpaired) electrons. The number of aromatic nitrogens is 4. The third-order valence-corrected chi connectivity index (χ3v) is 4.23. The Morgan fingerprint density at radius 2 is 2.00 bits per heavy atom. The zero-order valence-electron chi connectivity index (χ0n) is 15.9. The molecular weight excluding hydrogens is 435 g/mol. The second-order valence-electron chi connectivity index (χ2n) is 6.18. The Hall–Kier alpha value is -3.11. The summed E-state index contributed by atoms with van der Waals surface area (Å²) in [6, 6.07) is 5.13. The van der Waals surface area contributed by atoms with Gasteiger partial charge in [-0.15, -0.1) is 0 Å². The van der Waals surface area contributed by atoms with Gasteiger partial charge in [0.1, 0.15) is 12.3 Å². The van der Waals surface area contributed by atoms with Crippen LogP contribution in [0.15, 0.2) is 35.1 Å². The van der Waals surface area contributed by atoms with Crippen molar-refractivity contribution in [1.29, 1.82) is 0 Å². The normalized spacial score (nSPS) is 10.6. The van der Waals surface area contributed by atoms with Crippen molar-refractivity contribution in [2.24, 2.45) is 0 Å². The molecule has 0 spiro atoms. The van der Waals surface area contributed by atoms with Crippen LogP contribution in [0.2, 0.25) is 10.0 Å². The lowest BCUT2D eigenvalue weighted by Gasteiger charge is -2.10. The summed E-state index contributed by atoms with van der Waals surface area (Å²) in [6.07, 6.45) is 3.07. The Morgan fingerprint density at radius 1 is 1.20 bits per heavy atom. The molecule has 158 valence electrons. The third-order valence-electron chi connectivity index (χ3n) is 3.80. The first-order valence-electron chi connectivity index (χ1n) is 8.85. The molecule has 0 aliphatic carbocycles. The van der Waals surface area contributed by atoms with Crippen LogP contribution in [0.3, 0.4) is 0 Å². The monoisotopic (exact) mass is 452 g/mol. The molecule has 3 rings (SSSR count). The molecule has 0 bridgehead atoms. The lowest BCUT2D eigenvalue weighted by Crippen LogP contribution is -2.36. The number of halogens is 2. The largest absolute Gasteiger partial charge is 0.484 e. The minimum Gasteiger partial charge on any atom is -0.484 e. The van der Waals surface area contributed by atoms with Gasteiger partial charge in [-0.25, -0.2) is 0 Å². The first-order valence-corrected chi connectivity index (χ1v) is 9.60. The van der Waals surface area contributed by atoms with Crippen LogP contribution in [0, 0.1) is 6.92 Å². The van der Waals surface area contributed by atoms with Crippen molar-refractivity contribution in [3.8, 4) is 5.75 Å². The average Bonchev–Trinajstić information content (AvgIpc) is 3.33. The molecule has 0 unspecified atom stereocenters. The van der Waals surface area contributed by atoms with E-state index in [1.165, 1.54) is 10.9 Å². The molecule has 30 heavy (non-hydrogen) atoms. The standard InChI is InChI=1S/C18H18Cl2N6O4/c1-11-6-12(19)2-3-14(11)29-10-16(27)21-4-5-22-17(28)18-24-15(25-30-18)9-26-8-13(20)7-23-26/h2-3,6-8H,4-5,9-10H2,1H3,(H,21,27)(H,22,28). The molecule has 0 aliphatic rings. The molecule has 12 heteroatoms. The quantitative estimate of drug-likeness (QED) is 0.474. The van der Waals surface area contributed by atoms with Crippen LogP contribution >= 0.6 is 23.2 Å². The predicted molar refractivity (Wildman–Crippen MR) is 108 cm³/mol. The smallest absolute Gasteiger partial charge is 0.316 e. The van der Waals surface area contributed by atoms with Crippen LogP contribution in [0.5, 0.6) is 5.75 Å². The van der Waals surface area contributed by atoms with Gasteiger partial charge in [0.15, 0.2) is 12.4 Å². The summed E-state index contributed by atoms with van der Waals surface area (Å²) in [5.41, 5.74) is 0.831. The van der Waals surface area contributed by atoms with Crippen molar-refractivity contribution in [2.45, 2.75) is 13.5 Å². The number of hydrogen-bond donors (Lipinski definition) is 2. The van der Waals surface area contributed by atoms with Gasteiger partial charge in [-0.3, -0.25) is 14.3 Å². The molecule has 0 atom stereocenters. The maximum Gasteiger partial charge on any atom is 0.316 e. The Kier molecular flexibility index (Phi) is 7.26. The van der Waals surface area contributed by atoms with Gasteiger partial charge in [0.2, 0.25) is 0 Å². The topological polar surface area (TPSA) is 124 Å². The van der Waals surface area contributed by atoms with Crippen molar-refractivity contribution in [3.63, 3.8) is 0 Å². The van der Waals surface area contributed by atoms with Gasteiger partial charge in [0, 0.05) is 24.3 Å². The van der Waals surface area contributed by atoms with Crippen LogP contribution in [0.25, 0.3) is 0 Å². The van der Waals surface area contributed by atoms with Crippen LogP contribution in [-0.2, 0) is 11.3 Å². The fourth-order valence-corrected chi connectivity index (χ4v) is 2.79. The molecule has 2 amide bonds. The summed E-state index contributed by atoms with van der Waals surface area (Å²) in [4.78, 5) is 27.9. The average molecular weight is 453 g/mol. The van der Waals surface area contributed by atoms with Crippen LogP contribution in [-0.4, -0.2) is 51.4 Å². The molecule has 0 saturated carbocycles. The highest BCUT2D eigenvalue weighted by Crippen LogP contribution is 2.21. The van der Waals surface area contributed by atoms with Crippen molar-refractivity contribution >= 4 is 35.0 Å². The molecule has 2 N–H and O–H groups in total. The Morgan fingerprint density at radius 3 is 2.73 bits per heavy atom. The maximum atomic E-state index is 12.0. The van der Waals surface area contributed by atoms with E-state index < -0.39 is 5.91 Å². The van der Waals surface area contributed by atoms with Gasteiger partial charge in [-0.05, 0) is 30.7 Å². The van der Waals surface area contributed by atoms with Gasteiger partial charge in [-0.2, -0.15) is 10.1 Å². The number of nitrogens with zero attached hydrogens (tertiary/aromatic N) is 4. The number of ether oxygens (including phenoxy) is 1. The number of benzene rings is 1. The number of rotatable bonds is 9. The molecule has 2 aromatic heterocycles. The van der Waals surface area contributed by atoms with Crippen molar-refractivity contribution in [1.82, 2.24) is 30.6 Å². The fraction of sp³-hybridized carbons (Fsp3) is 0.278. The summed E-state index contributed by atoms with van der Waals surface area (Å²) in [7, 11) is 0. The highest BCUT2D eigenvalue weighted by Gasteiger charge is 2.15. The lowest BCUT2D eigenvalue weighted by molar-refractivity contribution is -0.123. The first kappa shape index (κ1) is 21.6. The lowest BCUT2D eigenvalue weighted by atomic mass is 10.2. The number of hydrogen-bond acceptors (Lipinski definition) is 7. The maximum absolute atomic E-state index is 12.0. The van der Waals surface area contributed by atoms with Gasteiger partial charge in [-0.1, -0.05) is 28.4 Å². The van der Waals surface area contributed by atoms with Crippen molar-refractivity contribution in [2.75, 3.05) is 19.7 Å². The fourth-order valence-electron chi connectivity index (χ4n) is 2.40. The molecule has 0 saturated heterocycles. The van der Waals surface area contributed by atoms with Crippen molar-refractivity contribution in [3.05, 3.63) is 57.9 Å². The summed E-state index contributed by atoms with van der Waals surface area (Å²) < 4.78 is 11.9. The second-order valence-corrected chi connectivity index (χ2v) is 7.05. The molecule has 0 fully saturated rings. The highest BCUT2D eigenvalue weighted by atomic mass is 35.5. The molecule has 0 aliphatic heterocycles. The predicted octanol–water partition coefficient (Wildman–Crippen LogP) is 1.85. The number of carbonyl (C=O) groups excluding carboxylic acids is 2. The first-order chi connectivity index (χ1) is 14.4. The van der Waals surface area contributed by atoms with Crippen LogP contribution in [0.4, 0.5) is 0 Å². The number of aryl methyl sites for hydroxylation is 1. The summed E-state index contributed by atoms with van der Waals surface area (Å²) in [5, 5.41) is 14.0. The zero-order chi connectivity index (χ0) is 21.5. The highest BCUT2D eigenvalue weighted by molar-refractivity contribution is 6.30. The Labute approximate surface area is 181 Å². The van der Waals surface area contributed by atoms with Crippen LogP contribution in [0.1, 0.15) is 22.1 Å². The van der Waals surface area contributed by atoms with Gasteiger partial charge in [0.05, 0.1) is 11.2 Å². The summed E-state index contributed by atoms with van der Waals surface area (Å²) in [6.45, 7) is 2.28. The van der Waals surface area contributed by atoms with Gasteiger partial charge in [0.25, 0.3) is 5.91 Å². The molecule has 2 heterocycles. The van der Waals surface area contributed by atoms with E-state index in [0.717, 1.165) is 5.56 Å². The Bertz CT molecular complexity index is 1040. The third kappa shape index (κ3) is 6.19. The van der Waals surface area contributed by atoms with E-state index in [0.29, 0.717) is 15.8 Å². The van der Waals surface area contributed by atoms with E-state index in [4.69, 9.17) is 32.5 Å². The van der Waals surface area contributed by atoms with E-state index in [9.17, 15) is 9.59 Å². The molecular formula is C18H18Cl2N6O4. The van der Waals surface area contributed by atoms with E-state index in [2.05, 4.69) is 25.9 Å². The van der Waals surface area contributed by atoms with E-state index in [-0.39, 0.29) is 43.9 Å². The van der Waals surface area contributed by atoms with E-state index in [1.807, 2.05) is 6.92 Å². The number of amides is 2. The van der Waals surface area contributed by atoms with E-state index in [1.54, 1.807) is 24.4 Å². The minimum absolute atomic E-state index is 0.152. The summed E-state index contributed by atoms with van der Waals surface area (Å²) >= 11 is 11.7. The van der Waals surface area contributed by atoms with Gasteiger partial charge < -0.3 is 19.9 Å². The number of nitrogens with one attached hydrogen (secondary N) is 2. The zero-order valence-corrected chi connectivity index (χ0v) is 17.4. The van der Waals surface area contributed by atoms with Gasteiger partial charge >= 0.3 is 11.8 Å². The molecule has 1 aromatic carbocycles. The van der Waals surface area contributed by atoms with Crippen LogP contribution < -0.4 is 15.4 Å².